The molecule has 1 atom stereocenters. The smallest absolute Gasteiger partial charge is 0.160 e. The van der Waals surface area contributed by atoms with Gasteiger partial charge in [-0.25, -0.2) is 8.78 Å². The molecule has 20 heavy (non-hydrogen) atoms. The highest BCUT2D eigenvalue weighted by atomic mass is 35.5. The molecule has 1 aliphatic rings. The molecule has 0 aromatic heterocycles. The van der Waals surface area contributed by atoms with Crippen molar-refractivity contribution in [3.8, 4) is 0 Å². The SMILES string of the molecule is CCCNC(CC1CCCC1)c1cc(F)c(F)cc1Cl. The Morgan fingerprint density at radius 2 is 1.90 bits per heavy atom. The Kier molecular flexibility index (Phi) is 5.79. The molecular formula is C16H22ClF2N. The lowest BCUT2D eigenvalue weighted by atomic mass is 9.93. The van der Waals surface area contributed by atoms with Gasteiger partial charge >= 0.3 is 0 Å². The summed E-state index contributed by atoms with van der Waals surface area (Å²) in [4.78, 5) is 0. The molecule has 1 aromatic carbocycles. The minimum atomic E-state index is -0.881. The van der Waals surface area contributed by atoms with Crippen molar-refractivity contribution < 1.29 is 8.78 Å². The average Bonchev–Trinajstić information content (AvgIpc) is 2.92. The maximum atomic E-state index is 13.5. The molecule has 0 spiro atoms. The maximum Gasteiger partial charge on any atom is 0.160 e. The fourth-order valence-corrected chi connectivity index (χ4v) is 3.31. The van der Waals surface area contributed by atoms with Gasteiger partial charge in [-0.1, -0.05) is 44.2 Å². The molecule has 0 saturated heterocycles. The fraction of sp³-hybridized carbons (Fsp3) is 0.625. The van der Waals surface area contributed by atoms with Crippen LogP contribution in [0, 0.1) is 17.6 Å². The van der Waals surface area contributed by atoms with Crippen molar-refractivity contribution in [1.82, 2.24) is 5.32 Å². The van der Waals surface area contributed by atoms with E-state index in [0.717, 1.165) is 25.5 Å². The first-order chi connectivity index (χ1) is 9.61. The van der Waals surface area contributed by atoms with Gasteiger partial charge in [0.05, 0.1) is 0 Å². The van der Waals surface area contributed by atoms with Crippen molar-refractivity contribution in [3.05, 3.63) is 34.4 Å². The lowest BCUT2D eigenvalue weighted by molar-refractivity contribution is 0.393. The van der Waals surface area contributed by atoms with E-state index in [0.29, 0.717) is 16.5 Å². The van der Waals surface area contributed by atoms with Crippen LogP contribution in [0.15, 0.2) is 12.1 Å². The van der Waals surface area contributed by atoms with Gasteiger partial charge in [-0.05, 0) is 43.0 Å². The Hall–Kier alpha value is -0.670. The first kappa shape index (κ1) is 15.7. The van der Waals surface area contributed by atoms with Crippen molar-refractivity contribution in [2.45, 2.75) is 51.5 Å². The van der Waals surface area contributed by atoms with Gasteiger partial charge in [-0.3, -0.25) is 0 Å². The molecule has 2 rings (SSSR count). The molecule has 1 aromatic rings. The van der Waals surface area contributed by atoms with Gasteiger partial charge in [-0.15, -0.1) is 0 Å². The maximum absolute atomic E-state index is 13.5. The fourth-order valence-electron chi connectivity index (χ4n) is 3.02. The Labute approximate surface area is 124 Å². The predicted octanol–water partition coefficient (Wildman–Crippen LogP) is 5.24. The van der Waals surface area contributed by atoms with E-state index in [2.05, 4.69) is 12.2 Å². The number of halogens is 3. The van der Waals surface area contributed by atoms with E-state index in [1.807, 2.05) is 0 Å². The minimum absolute atomic E-state index is 0.0145. The second kappa shape index (κ2) is 7.37. The highest BCUT2D eigenvalue weighted by Gasteiger charge is 2.23. The van der Waals surface area contributed by atoms with Crippen LogP contribution in [0.2, 0.25) is 5.02 Å². The molecule has 4 heteroatoms. The molecule has 1 aliphatic carbocycles. The molecule has 1 fully saturated rings. The second-order valence-corrected chi connectivity index (χ2v) is 6.09. The highest BCUT2D eigenvalue weighted by Crippen LogP contribution is 2.35. The molecule has 0 heterocycles. The van der Waals surface area contributed by atoms with E-state index in [1.165, 1.54) is 31.7 Å². The molecule has 0 aliphatic heterocycles. The van der Waals surface area contributed by atoms with Crippen LogP contribution in [0.3, 0.4) is 0 Å². The van der Waals surface area contributed by atoms with Crippen molar-refractivity contribution >= 4 is 11.6 Å². The van der Waals surface area contributed by atoms with E-state index in [4.69, 9.17) is 11.6 Å². The van der Waals surface area contributed by atoms with Crippen LogP contribution in [0.25, 0.3) is 0 Å². The molecule has 1 saturated carbocycles. The monoisotopic (exact) mass is 301 g/mol. The van der Waals surface area contributed by atoms with Crippen LogP contribution in [-0.2, 0) is 0 Å². The number of rotatable bonds is 6. The normalized spacial score (nSPS) is 17.6. The van der Waals surface area contributed by atoms with E-state index >= 15 is 0 Å². The second-order valence-electron chi connectivity index (χ2n) is 5.68. The molecule has 0 amide bonds. The summed E-state index contributed by atoms with van der Waals surface area (Å²) in [5, 5.41) is 3.74. The predicted molar refractivity (Wildman–Crippen MR) is 79.0 cm³/mol. The Morgan fingerprint density at radius 3 is 2.55 bits per heavy atom. The topological polar surface area (TPSA) is 12.0 Å². The number of hydrogen-bond acceptors (Lipinski definition) is 1. The van der Waals surface area contributed by atoms with Crippen LogP contribution in [0.4, 0.5) is 8.78 Å². The number of nitrogens with one attached hydrogen (secondary N) is 1. The Morgan fingerprint density at radius 1 is 1.25 bits per heavy atom. The summed E-state index contributed by atoms with van der Waals surface area (Å²) in [6.45, 7) is 2.94. The molecule has 0 bridgehead atoms. The van der Waals surface area contributed by atoms with Crippen LogP contribution in [0.5, 0.6) is 0 Å². The largest absolute Gasteiger partial charge is 0.310 e. The third-order valence-corrected chi connectivity index (χ3v) is 4.43. The van der Waals surface area contributed by atoms with Gasteiger partial charge in [0, 0.05) is 11.1 Å². The summed E-state index contributed by atoms with van der Waals surface area (Å²) in [6.07, 6.45) is 6.96. The van der Waals surface area contributed by atoms with Crippen LogP contribution < -0.4 is 5.32 Å². The quantitative estimate of drug-likeness (QED) is 0.709. The van der Waals surface area contributed by atoms with E-state index in [-0.39, 0.29) is 6.04 Å². The van der Waals surface area contributed by atoms with E-state index in [9.17, 15) is 8.78 Å². The zero-order valence-corrected chi connectivity index (χ0v) is 12.6. The standard InChI is InChI=1S/C16H22ClF2N/c1-2-7-20-16(8-11-5-3-4-6-11)12-9-14(18)15(19)10-13(12)17/h9-11,16,20H,2-8H2,1H3. The van der Waals surface area contributed by atoms with Crippen LogP contribution >= 0.6 is 11.6 Å². The summed E-state index contributed by atoms with van der Waals surface area (Å²) in [5.74, 6) is -1.04. The zero-order valence-electron chi connectivity index (χ0n) is 11.9. The summed E-state index contributed by atoms with van der Waals surface area (Å²) < 4.78 is 26.7. The van der Waals surface area contributed by atoms with Crippen molar-refractivity contribution in [3.63, 3.8) is 0 Å². The minimum Gasteiger partial charge on any atom is -0.310 e. The molecule has 112 valence electrons. The highest BCUT2D eigenvalue weighted by molar-refractivity contribution is 6.31. The zero-order chi connectivity index (χ0) is 14.5. The van der Waals surface area contributed by atoms with E-state index < -0.39 is 11.6 Å². The lowest BCUT2D eigenvalue weighted by Crippen LogP contribution is -2.24. The molecule has 1 nitrogen and oxygen atoms in total. The summed E-state index contributed by atoms with van der Waals surface area (Å²) in [7, 11) is 0. The van der Waals surface area contributed by atoms with Gasteiger partial charge in [0.15, 0.2) is 11.6 Å². The summed E-state index contributed by atoms with van der Waals surface area (Å²) >= 11 is 6.11. The Balaban J connectivity index is 2.18. The molecule has 0 radical (unpaired) electrons. The summed E-state index contributed by atoms with van der Waals surface area (Å²) in [6, 6.07) is 2.35. The van der Waals surface area contributed by atoms with Gasteiger partial charge in [-0.2, -0.15) is 0 Å². The third kappa shape index (κ3) is 3.92. The van der Waals surface area contributed by atoms with Gasteiger partial charge in [0.1, 0.15) is 0 Å². The average molecular weight is 302 g/mol. The van der Waals surface area contributed by atoms with Gasteiger partial charge < -0.3 is 5.32 Å². The van der Waals surface area contributed by atoms with Gasteiger partial charge in [0.25, 0.3) is 0 Å². The molecule has 1 unspecified atom stereocenters. The first-order valence-corrected chi connectivity index (χ1v) is 7.87. The molecule has 1 N–H and O–H groups in total. The van der Waals surface area contributed by atoms with Crippen molar-refractivity contribution in [2.75, 3.05) is 6.54 Å². The Bertz CT molecular complexity index is 444. The lowest BCUT2D eigenvalue weighted by Gasteiger charge is -2.23. The first-order valence-electron chi connectivity index (χ1n) is 7.49. The molecular weight excluding hydrogens is 280 g/mol. The van der Waals surface area contributed by atoms with Crippen LogP contribution in [0.1, 0.15) is 57.1 Å². The van der Waals surface area contributed by atoms with Gasteiger partial charge in [0.2, 0.25) is 0 Å². The third-order valence-electron chi connectivity index (χ3n) is 4.10. The van der Waals surface area contributed by atoms with Crippen molar-refractivity contribution in [2.24, 2.45) is 5.92 Å². The van der Waals surface area contributed by atoms with E-state index in [1.54, 1.807) is 0 Å². The summed E-state index contributed by atoms with van der Waals surface area (Å²) in [5.41, 5.74) is 0.686. The van der Waals surface area contributed by atoms with Crippen molar-refractivity contribution in [1.29, 1.82) is 0 Å². The number of hydrogen-bond donors (Lipinski definition) is 1. The van der Waals surface area contributed by atoms with Crippen LogP contribution in [-0.4, -0.2) is 6.54 Å². The number of benzene rings is 1.